The van der Waals surface area contributed by atoms with E-state index in [-0.39, 0.29) is 37.0 Å². The van der Waals surface area contributed by atoms with Crippen molar-refractivity contribution in [2.45, 2.75) is 244 Å². The molecule has 0 aromatic carbocycles. The quantitative estimate of drug-likeness (QED) is 0.112. The number of nitrogens with one attached hydrogen (secondary N) is 6. The second kappa shape index (κ2) is 34.3. The lowest BCUT2D eigenvalue weighted by atomic mass is 9.98. The standard InChI is InChI=1S/C58H98N6O18/c1-22-34(18)46-52(70)64-43(31(12)13)58(76)79-39(24-27(4)5)48(66)60-36(20)54(72)81-44(32(14)15)50(68)62-41(29(8)9)56(74)77-38(23-26(2)3)47(65)59-35(19)53(71)80-45(33(16)17)51(69)63-42(30(10)11)57(75)78-40(25-28(6)7)49(67)61-37(21)55(73)82-46/h26-46H,22-25H2,1-21H3,(H,59,65)(H,60,66)(H,61,67)(H,62,68)(H,63,69)(H,64,70)/t34-,35?,36?,37?,38?,39?,40?,41?,42?,43+,44?,45?,46?/m0/s1. The Morgan fingerprint density at radius 2 is 0.537 bits per heavy atom. The second-order valence-electron chi connectivity index (χ2n) is 24.5. The summed E-state index contributed by atoms with van der Waals surface area (Å²) >= 11 is 0. The Kier molecular flexibility index (Phi) is 30.8. The first-order chi connectivity index (χ1) is 37.8. The molecule has 468 valence electrons. The molecule has 0 radical (unpaired) electrons. The van der Waals surface area contributed by atoms with E-state index in [0.29, 0.717) is 6.42 Å². The molecule has 1 saturated heterocycles. The first-order valence-electron chi connectivity index (χ1n) is 28.9. The van der Waals surface area contributed by atoms with Crippen LogP contribution in [-0.2, 0) is 86.0 Å². The molecule has 0 aromatic rings. The molecule has 6 amide bonds. The van der Waals surface area contributed by atoms with E-state index in [1.54, 1.807) is 125 Å². The summed E-state index contributed by atoms with van der Waals surface area (Å²) in [6.45, 7) is 33.7. The number of ether oxygens (including phenoxy) is 6. The van der Waals surface area contributed by atoms with E-state index in [2.05, 4.69) is 31.9 Å². The minimum Gasteiger partial charge on any atom is -0.451 e. The SMILES string of the molecule is CC[C@H](C)C1OC(=O)C(C)NC(=O)C(CC(C)C)OC(=O)C(C(C)C)NC(=O)C(C(C)C)OC(=O)C(C)NC(=O)C(CC(C)C)OC(=O)C(C(C)C)NC(=O)C(C(C)C)OC(=O)C(C)NC(=O)C(CC(C)C)OC(=O)[C@@H](C(C)C)NC1=O. The van der Waals surface area contributed by atoms with E-state index in [9.17, 15) is 57.5 Å². The molecular formula is C58H98N6O18. The molecule has 1 heterocycles. The van der Waals surface area contributed by atoms with Crippen molar-refractivity contribution in [3.05, 3.63) is 0 Å². The molecule has 0 aromatic heterocycles. The molecule has 13 atom stereocenters. The molecule has 0 spiro atoms. The first kappa shape index (κ1) is 73.7. The number of carbonyl (C=O) groups is 12. The smallest absolute Gasteiger partial charge is 0.329 e. The predicted molar refractivity (Wildman–Crippen MR) is 300 cm³/mol. The largest absolute Gasteiger partial charge is 0.451 e. The van der Waals surface area contributed by atoms with Gasteiger partial charge in [0.25, 0.3) is 35.4 Å². The number of hydrogen-bond donors (Lipinski definition) is 6. The molecule has 1 rings (SSSR count). The van der Waals surface area contributed by atoms with Crippen LogP contribution in [0.25, 0.3) is 0 Å². The summed E-state index contributed by atoms with van der Waals surface area (Å²) in [4.78, 5) is 166. The molecule has 6 N–H and O–H groups in total. The van der Waals surface area contributed by atoms with Gasteiger partial charge in [-0.15, -0.1) is 0 Å². The van der Waals surface area contributed by atoms with Crippen molar-refractivity contribution >= 4 is 71.3 Å². The number of rotatable bonds is 13. The first-order valence-corrected chi connectivity index (χ1v) is 28.9. The average molecular weight is 1170 g/mol. The normalized spacial score (nSPS) is 28.4. The van der Waals surface area contributed by atoms with Crippen LogP contribution in [-0.4, -0.2) is 144 Å². The van der Waals surface area contributed by atoms with Crippen molar-refractivity contribution in [1.82, 2.24) is 31.9 Å². The molecule has 82 heavy (non-hydrogen) atoms. The summed E-state index contributed by atoms with van der Waals surface area (Å²) in [5.41, 5.74) is 0. The minimum absolute atomic E-state index is 0.0331. The van der Waals surface area contributed by atoms with Gasteiger partial charge in [0.15, 0.2) is 36.6 Å². The van der Waals surface area contributed by atoms with Gasteiger partial charge < -0.3 is 60.3 Å². The molecule has 0 aliphatic carbocycles. The van der Waals surface area contributed by atoms with Crippen molar-refractivity contribution in [3.8, 4) is 0 Å². The van der Waals surface area contributed by atoms with E-state index in [0.717, 1.165) is 0 Å². The maximum Gasteiger partial charge on any atom is 0.329 e. The van der Waals surface area contributed by atoms with Gasteiger partial charge in [-0.25, -0.2) is 28.8 Å². The van der Waals surface area contributed by atoms with Crippen molar-refractivity contribution in [1.29, 1.82) is 0 Å². The van der Waals surface area contributed by atoms with Gasteiger partial charge in [-0.05, 0) is 93.8 Å². The molecular weight excluding hydrogens is 1070 g/mol. The fourth-order valence-electron chi connectivity index (χ4n) is 8.15. The van der Waals surface area contributed by atoms with Crippen LogP contribution >= 0.6 is 0 Å². The lowest BCUT2D eigenvalue weighted by Crippen LogP contribution is -2.55. The van der Waals surface area contributed by atoms with Crippen molar-refractivity contribution in [3.63, 3.8) is 0 Å². The zero-order valence-electron chi connectivity index (χ0n) is 52.3. The van der Waals surface area contributed by atoms with Gasteiger partial charge in [0.05, 0.1) is 0 Å². The van der Waals surface area contributed by atoms with Crippen LogP contribution in [0, 0.1) is 53.3 Å². The van der Waals surface area contributed by atoms with Gasteiger partial charge in [0.2, 0.25) is 0 Å². The number of amides is 6. The lowest BCUT2D eigenvalue weighted by molar-refractivity contribution is -0.167. The van der Waals surface area contributed by atoms with Crippen molar-refractivity contribution in [2.24, 2.45) is 53.3 Å². The molecule has 24 heteroatoms. The Hall–Kier alpha value is -6.36. The molecule has 24 nitrogen and oxygen atoms in total. The highest BCUT2D eigenvalue weighted by Crippen LogP contribution is 2.21. The molecule has 0 bridgehead atoms. The number of hydrogen-bond acceptors (Lipinski definition) is 18. The van der Waals surface area contributed by atoms with Gasteiger partial charge in [-0.2, -0.15) is 0 Å². The maximum absolute atomic E-state index is 14.1. The Morgan fingerprint density at radius 3 is 0.744 bits per heavy atom. The summed E-state index contributed by atoms with van der Waals surface area (Å²) in [5, 5.41) is 15.2. The number of carbonyl (C=O) groups excluding carboxylic acids is 12. The Balaban J connectivity index is 3.97. The van der Waals surface area contributed by atoms with Gasteiger partial charge in [0.1, 0.15) is 36.3 Å². The fraction of sp³-hybridized carbons (Fsp3) is 0.793. The Labute approximate surface area is 484 Å². The molecule has 11 unspecified atom stereocenters. The molecule has 1 aliphatic heterocycles. The van der Waals surface area contributed by atoms with Crippen LogP contribution in [0.2, 0.25) is 0 Å². The lowest BCUT2D eigenvalue weighted by Gasteiger charge is -2.30. The van der Waals surface area contributed by atoms with Crippen LogP contribution < -0.4 is 31.9 Å². The highest BCUT2D eigenvalue weighted by molar-refractivity contribution is 5.95. The van der Waals surface area contributed by atoms with E-state index >= 15 is 0 Å². The van der Waals surface area contributed by atoms with Crippen molar-refractivity contribution < 1.29 is 86.0 Å². The summed E-state index contributed by atoms with van der Waals surface area (Å²) < 4.78 is 34.2. The summed E-state index contributed by atoms with van der Waals surface area (Å²) in [7, 11) is 0. The predicted octanol–water partition coefficient (Wildman–Crippen LogP) is 3.90. The summed E-state index contributed by atoms with van der Waals surface area (Å²) in [6.07, 6.45) is -8.86. The van der Waals surface area contributed by atoms with E-state index in [4.69, 9.17) is 28.4 Å². The third-order valence-electron chi connectivity index (χ3n) is 13.4. The Bertz CT molecular complexity index is 2200. The Morgan fingerprint density at radius 1 is 0.305 bits per heavy atom. The zero-order chi connectivity index (χ0) is 63.4. The van der Waals surface area contributed by atoms with Crippen molar-refractivity contribution in [2.75, 3.05) is 0 Å². The highest BCUT2D eigenvalue weighted by Gasteiger charge is 2.41. The van der Waals surface area contributed by atoms with Crippen LogP contribution in [0.15, 0.2) is 0 Å². The van der Waals surface area contributed by atoms with E-state index in [1.807, 2.05) is 0 Å². The third kappa shape index (κ3) is 23.9. The fourth-order valence-corrected chi connectivity index (χ4v) is 8.15. The van der Waals surface area contributed by atoms with Crippen LogP contribution in [0.3, 0.4) is 0 Å². The van der Waals surface area contributed by atoms with Gasteiger partial charge in [-0.3, -0.25) is 28.8 Å². The van der Waals surface area contributed by atoms with E-state index in [1.165, 1.54) is 20.8 Å². The van der Waals surface area contributed by atoms with E-state index < -0.39 is 180 Å². The van der Waals surface area contributed by atoms with Crippen LogP contribution in [0.1, 0.15) is 171 Å². The molecule has 0 saturated carbocycles. The summed E-state index contributed by atoms with van der Waals surface area (Å²) in [6, 6.07) is -8.46. The number of esters is 6. The third-order valence-corrected chi connectivity index (χ3v) is 13.4. The average Bonchev–Trinajstić information content (AvgIpc) is 3.46. The van der Waals surface area contributed by atoms with Gasteiger partial charge >= 0.3 is 35.8 Å². The van der Waals surface area contributed by atoms with Crippen LogP contribution in [0.5, 0.6) is 0 Å². The number of cyclic esters (lactones) is 6. The summed E-state index contributed by atoms with van der Waals surface area (Å²) in [5.74, 6) is -16.3. The van der Waals surface area contributed by atoms with Crippen LogP contribution in [0.4, 0.5) is 0 Å². The highest BCUT2D eigenvalue weighted by atomic mass is 16.6. The maximum atomic E-state index is 14.1. The molecule has 1 fully saturated rings. The minimum atomic E-state index is -1.52. The van der Waals surface area contributed by atoms with Gasteiger partial charge in [0, 0.05) is 5.92 Å². The monoisotopic (exact) mass is 1170 g/mol. The second-order valence-corrected chi connectivity index (χ2v) is 24.5. The topological polar surface area (TPSA) is 332 Å². The molecule has 1 aliphatic rings. The zero-order valence-corrected chi connectivity index (χ0v) is 52.3. The van der Waals surface area contributed by atoms with Gasteiger partial charge in [-0.1, -0.05) is 125 Å².